The molecule has 4 amide bonds. The van der Waals surface area contributed by atoms with Gasteiger partial charge in [0.2, 0.25) is 23.6 Å². The molecule has 14 nitrogen and oxygen atoms in total. The number of unbranched alkanes of at least 4 members (excludes halogenated alkanes) is 2. The van der Waals surface area contributed by atoms with Crippen molar-refractivity contribution in [2.45, 2.75) is 102 Å². The lowest BCUT2D eigenvalue weighted by Gasteiger charge is -2.31. The molecule has 1 aliphatic heterocycles. The number of aliphatic carboxylic acids is 1. The molecule has 0 radical (unpaired) electrons. The smallest absolute Gasteiger partial charge is 0.326 e. The molecule has 0 aromatic rings. The van der Waals surface area contributed by atoms with E-state index in [2.05, 4.69) is 16.0 Å². The van der Waals surface area contributed by atoms with Crippen LogP contribution in [-0.4, -0.2) is 101 Å². The lowest BCUT2D eigenvalue weighted by atomic mass is 10.0. The van der Waals surface area contributed by atoms with Gasteiger partial charge in [0.1, 0.15) is 30.2 Å². The molecule has 0 aromatic carbocycles. The highest BCUT2D eigenvalue weighted by Crippen LogP contribution is 2.21. The molecule has 0 aromatic heterocycles. The van der Waals surface area contributed by atoms with Crippen molar-refractivity contribution < 1.29 is 34.2 Å². The summed E-state index contributed by atoms with van der Waals surface area (Å²) in [6.07, 6.45) is 4.00. The minimum atomic E-state index is -1.20. The van der Waals surface area contributed by atoms with E-state index < -0.39 is 66.4 Å². The zero-order chi connectivity index (χ0) is 30.2. The molecule has 5 atom stereocenters. The van der Waals surface area contributed by atoms with Crippen LogP contribution in [-0.2, 0) is 24.0 Å². The molecular weight excluding hydrogens is 522 g/mol. The lowest BCUT2D eigenvalue weighted by molar-refractivity contribution is -0.145. The van der Waals surface area contributed by atoms with Crippen LogP contribution in [0.2, 0.25) is 0 Å². The molecule has 230 valence electrons. The fourth-order valence-electron chi connectivity index (χ4n) is 4.61. The largest absolute Gasteiger partial charge is 0.480 e. The molecule has 1 saturated heterocycles. The average Bonchev–Trinajstić information content (AvgIpc) is 3.40. The van der Waals surface area contributed by atoms with Crippen molar-refractivity contribution in [3.05, 3.63) is 0 Å². The molecule has 14 heteroatoms. The molecule has 40 heavy (non-hydrogen) atoms. The van der Waals surface area contributed by atoms with E-state index in [1.165, 1.54) is 4.90 Å². The van der Waals surface area contributed by atoms with Gasteiger partial charge in [0.25, 0.3) is 0 Å². The molecule has 1 aliphatic rings. The summed E-state index contributed by atoms with van der Waals surface area (Å²) in [5, 5.41) is 26.6. The maximum absolute atomic E-state index is 13.7. The number of carbonyl (C=O) groups excluding carboxylic acids is 4. The predicted molar refractivity (Wildman–Crippen MR) is 148 cm³/mol. The maximum Gasteiger partial charge on any atom is 0.326 e. The molecule has 0 spiro atoms. The van der Waals surface area contributed by atoms with Crippen LogP contribution in [0.15, 0.2) is 0 Å². The van der Waals surface area contributed by atoms with Crippen LogP contribution in [0.5, 0.6) is 0 Å². The van der Waals surface area contributed by atoms with Crippen LogP contribution in [0, 0.1) is 5.92 Å². The van der Waals surface area contributed by atoms with E-state index in [9.17, 15) is 34.2 Å². The summed E-state index contributed by atoms with van der Waals surface area (Å²) < 4.78 is 0. The van der Waals surface area contributed by atoms with Crippen molar-refractivity contribution in [3.8, 4) is 0 Å². The Labute approximate surface area is 236 Å². The van der Waals surface area contributed by atoms with E-state index >= 15 is 0 Å². The van der Waals surface area contributed by atoms with Gasteiger partial charge in [-0.25, -0.2) is 4.79 Å². The number of carbonyl (C=O) groups is 5. The van der Waals surface area contributed by atoms with Crippen LogP contribution in [0.4, 0.5) is 0 Å². The summed E-state index contributed by atoms with van der Waals surface area (Å²) in [6.45, 7) is 4.29. The summed E-state index contributed by atoms with van der Waals surface area (Å²) in [6, 6.07) is -5.13. The zero-order valence-electron chi connectivity index (χ0n) is 23.8. The summed E-state index contributed by atoms with van der Waals surface area (Å²) >= 11 is 0. The van der Waals surface area contributed by atoms with Gasteiger partial charge in [0, 0.05) is 6.54 Å². The fraction of sp³-hybridized carbons (Fsp3) is 0.808. The Morgan fingerprint density at radius 3 is 1.98 bits per heavy atom. The number of carboxylic acid groups (broad SMARTS) is 1. The number of aliphatic hydroxyl groups excluding tert-OH is 1. The standard InChI is InChI=1S/C26H49N7O7/c1-16(2)14-20(32-23(36)18(8-3-5-11-27)30-22(35)17(29)15-34)25(38)33-13-7-10-21(33)24(37)31-19(26(39)40)9-4-6-12-28/h16-21,34H,3-15,27-29H2,1-2H3,(H,30,35)(H,31,37)(H,32,36)(H,39,40)/t17-,18-,19-,20-,21-/m0/s1. The van der Waals surface area contributed by atoms with Crippen molar-refractivity contribution >= 4 is 29.6 Å². The molecule has 0 aliphatic carbocycles. The van der Waals surface area contributed by atoms with Crippen molar-refractivity contribution in [2.75, 3.05) is 26.2 Å². The van der Waals surface area contributed by atoms with Gasteiger partial charge in [-0.3, -0.25) is 19.2 Å². The van der Waals surface area contributed by atoms with Crippen molar-refractivity contribution in [1.29, 1.82) is 0 Å². The Balaban J connectivity index is 3.04. The SMILES string of the molecule is CC(C)C[C@H](NC(=O)[C@H](CCCCN)NC(=O)[C@@H](N)CO)C(=O)N1CCC[C@H]1C(=O)N[C@@H](CCCCN)C(=O)O. The van der Waals surface area contributed by atoms with Gasteiger partial charge in [0.05, 0.1) is 6.61 Å². The number of likely N-dealkylation sites (tertiary alicyclic amines) is 1. The second-order valence-electron chi connectivity index (χ2n) is 10.7. The highest BCUT2D eigenvalue weighted by Gasteiger charge is 2.39. The van der Waals surface area contributed by atoms with Crippen LogP contribution >= 0.6 is 0 Å². The number of hydrogen-bond acceptors (Lipinski definition) is 9. The van der Waals surface area contributed by atoms with E-state index in [1.54, 1.807) is 0 Å². The second kappa shape index (κ2) is 18.5. The van der Waals surface area contributed by atoms with E-state index in [0.29, 0.717) is 51.6 Å². The first-order valence-electron chi connectivity index (χ1n) is 14.2. The van der Waals surface area contributed by atoms with Crippen molar-refractivity contribution in [2.24, 2.45) is 23.1 Å². The quantitative estimate of drug-likeness (QED) is 0.0803. The van der Waals surface area contributed by atoms with E-state index in [-0.39, 0.29) is 31.7 Å². The van der Waals surface area contributed by atoms with Crippen LogP contribution < -0.4 is 33.2 Å². The first-order valence-corrected chi connectivity index (χ1v) is 14.2. The number of rotatable bonds is 19. The molecule has 0 unspecified atom stereocenters. The van der Waals surface area contributed by atoms with Gasteiger partial charge < -0.3 is 48.3 Å². The topological polar surface area (TPSA) is 243 Å². The third kappa shape index (κ3) is 11.7. The fourth-order valence-corrected chi connectivity index (χ4v) is 4.61. The Kier molecular flexibility index (Phi) is 16.3. The molecule has 1 rings (SSSR count). The molecule has 0 saturated carbocycles. The number of nitrogens with two attached hydrogens (primary N) is 3. The lowest BCUT2D eigenvalue weighted by Crippen LogP contribution is -2.58. The molecular formula is C26H49N7O7. The van der Waals surface area contributed by atoms with Crippen molar-refractivity contribution in [1.82, 2.24) is 20.9 Å². The summed E-state index contributed by atoms with van der Waals surface area (Å²) in [4.78, 5) is 65.4. The summed E-state index contributed by atoms with van der Waals surface area (Å²) in [5.41, 5.74) is 16.6. The molecule has 11 N–H and O–H groups in total. The van der Waals surface area contributed by atoms with Crippen molar-refractivity contribution in [3.63, 3.8) is 0 Å². The van der Waals surface area contributed by atoms with Crippen LogP contribution in [0.3, 0.4) is 0 Å². The number of amides is 4. The zero-order valence-corrected chi connectivity index (χ0v) is 23.8. The van der Waals surface area contributed by atoms with Gasteiger partial charge in [-0.2, -0.15) is 0 Å². The van der Waals surface area contributed by atoms with Gasteiger partial charge in [0.15, 0.2) is 0 Å². The van der Waals surface area contributed by atoms with E-state index in [1.807, 2.05) is 13.8 Å². The summed E-state index contributed by atoms with van der Waals surface area (Å²) in [7, 11) is 0. The van der Waals surface area contributed by atoms with Gasteiger partial charge >= 0.3 is 5.97 Å². The third-order valence-electron chi connectivity index (χ3n) is 6.84. The Bertz CT molecular complexity index is 842. The van der Waals surface area contributed by atoms with Gasteiger partial charge in [-0.05, 0) is 76.8 Å². The number of nitrogens with one attached hydrogen (secondary N) is 3. The number of aliphatic hydroxyl groups is 1. The summed E-state index contributed by atoms with van der Waals surface area (Å²) in [5.74, 6) is -3.43. The predicted octanol–water partition coefficient (Wildman–Crippen LogP) is -1.86. The minimum Gasteiger partial charge on any atom is -0.480 e. The number of hydrogen-bond donors (Lipinski definition) is 8. The Morgan fingerprint density at radius 1 is 0.875 bits per heavy atom. The maximum atomic E-state index is 13.7. The van der Waals surface area contributed by atoms with Crippen LogP contribution in [0.25, 0.3) is 0 Å². The molecule has 1 heterocycles. The minimum absolute atomic E-state index is 0.0103. The normalized spacial score (nSPS) is 18.1. The molecule has 0 bridgehead atoms. The third-order valence-corrected chi connectivity index (χ3v) is 6.84. The average molecular weight is 572 g/mol. The Hall–Kier alpha value is -2.81. The van der Waals surface area contributed by atoms with Gasteiger partial charge in [-0.1, -0.05) is 13.8 Å². The number of nitrogens with zero attached hydrogens (tertiary/aromatic N) is 1. The Morgan fingerprint density at radius 2 is 1.45 bits per heavy atom. The van der Waals surface area contributed by atoms with Crippen LogP contribution in [0.1, 0.15) is 71.6 Å². The highest BCUT2D eigenvalue weighted by molar-refractivity contribution is 5.95. The first kappa shape index (κ1) is 35.2. The second-order valence-corrected chi connectivity index (χ2v) is 10.7. The monoisotopic (exact) mass is 571 g/mol. The highest BCUT2D eigenvalue weighted by atomic mass is 16.4. The van der Waals surface area contributed by atoms with E-state index in [0.717, 1.165) is 0 Å². The number of carboxylic acids is 1. The first-order chi connectivity index (χ1) is 19.0. The van der Waals surface area contributed by atoms with Gasteiger partial charge in [-0.15, -0.1) is 0 Å². The van der Waals surface area contributed by atoms with E-state index in [4.69, 9.17) is 17.2 Å². The molecule has 1 fully saturated rings.